The summed E-state index contributed by atoms with van der Waals surface area (Å²) in [6, 6.07) is 16.2. The van der Waals surface area contributed by atoms with Crippen LogP contribution in [0, 0.1) is 6.92 Å². The molecule has 184 valence electrons. The lowest BCUT2D eigenvalue weighted by Crippen LogP contribution is -2.33. The molecule has 6 nitrogen and oxygen atoms in total. The van der Waals surface area contributed by atoms with Gasteiger partial charge in [0.2, 0.25) is 6.23 Å². The zero-order valence-corrected chi connectivity index (χ0v) is 22.0. The van der Waals surface area contributed by atoms with Crippen molar-refractivity contribution < 1.29 is 18.6 Å². The molecule has 2 aliphatic rings. The summed E-state index contributed by atoms with van der Waals surface area (Å²) in [5.74, 6) is 3.99. The third-order valence-corrected chi connectivity index (χ3v) is 7.00. The molecular formula is C28H31BrN2O4. The van der Waals surface area contributed by atoms with Crippen LogP contribution in [0.4, 0.5) is 0 Å². The van der Waals surface area contributed by atoms with E-state index in [9.17, 15) is 0 Å². The van der Waals surface area contributed by atoms with Gasteiger partial charge >= 0.3 is 0 Å². The van der Waals surface area contributed by atoms with Gasteiger partial charge in [0.1, 0.15) is 23.0 Å². The van der Waals surface area contributed by atoms with Gasteiger partial charge in [-0.2, -0.15) is 5.10 Å². The molecule has 0 amide bonds. The van der Waals surface area contributed by atoms with Gasteiger partial charge in [-0.15, -0.1) is 0 Å². The van der Waals surface area contributed by atoms with E-state index in [0.29, 0.717) is 12.4 Å². The van der Waals surface area contributed by atoms with Crippen molar-refractivity contribution in [1.82, 2.24) is 5.01 Å². The van der Waals surface area contributed by atoms with E-state index in [0.717, 1.165) is 57.2 Å². The second kappa shape index (κ2) is 10.4. The molecule has 0 radical (unpaired) electrons. The molecule has 5 rings (SSSR count). The van der Waals surface area contributed by atoms with Gasteiger partial charge in [0.05, 0.1) is 19.8 Å². The summed E-state index contributed by atoms with van der Waals surface area (Å²) < 4.78 is 25.1. The normalized spacial score (nSPS) is 18.5. The number of ether oxygens (including phenoxy) is 3. The number of rotatable bonds is 9. The Morgan fingerprint density at radius 3 is 2.71 bits per heavy atom. The fraction of sp³-hybridized carbons (Fsp3) is 0.393. The molecule has 2 aromatic carbocycles. The standard InChI is InChI=1S/C28H31BrN2O4/c1-4-5-6-7-14-33-26-12-9-19(15-27(26)32-3)28-31-23(21-16-20(29)10-13-24(21)35-28)17-22(30-31)25-11-8-18(2)34-25/h8-13,15-16,23,28H,4-7,14,17H2,1-3H3/t23-,28-/m1/s1. The number of halogens is 1. The van der Waals surface area contributed by atoms with E-state index in [1.807, 2.05) is 54.4 Å². The number of hydrogen-bond acceptors (Lipinski definition) is 6. The largest absolute Gasteiger partial charge is 0.493 e. The Balaban J connectivity index is 1.45. The molecule has 0 saturated heterocycles. The van der Waals surface area contributed by atoms with Crippen LogP contribution >= 0.6 is 15.9 Å². The first-order valence-corrected chi connectivity index (χ1v) is 13.1. The Morgan fingerprint density at radius 2 is 1.94 bits per heavy atom. The molecule has 0 saturated carbocycles. The molecule has 0 unspecified atom stereocenters. The van der Waals surface area contributed by atoms with Gasteiger partial charge in [-0.25, -0.2) is 5.01 Å². The van der Waals surface area contributed by atoms with Crippen LogP contribution in [0.1, 0.15) is 73.9 Å². The Morgan fingerprint density at radius 1 is 1.06 bits per heavy atom. The van der Waals surface area contributed by atoms with E-state index < -0.39 is 6.23 Å². The van der Waals surface area contributed by atoms with Gasteiger partial charge in [0.15, 0.2) is 11.5 Å². The van der Waals surface area contributed by atoms with Crippen LogP contribution < -0.4 is 14.2 Å². The first-order valence-electron chi connectivity index (χ1n) is 12.3. The first kappa shape index (κ1) is 23.8. The summed E-state index contributed by atoms with van der Waals surface area (Å²) in [4.78, 5) is 0. The third-order valence-electron chi connectivity index (χ3n) is 6.50. The summed E-state index contributed by atoms with van der Waals surface area (Å²) in [6.07, 6.45) is 5.00. The first-order chi connectivity index (χ1) is 17.1. The maximum atomic E-state index is 6.51. The summed E-state index contributed by atoms with van der Waals surface area (Å²) >= 11 is 3.61. The minimum atomic E-state index is -0.394. The van der Waals surface area contributed by atoms with Crippen molar-refractivity contribution in [1.29, 1.82) is 0 Å². The molecule has 35 heavy (non-hydrogen) atoms. The highest BCUT2D eigenvalue weighted by Crippen LogP contribution is 2.49. The molecule has 3 heterocycles. The average molecular weight is 539 g/mol. The Labute approximate surface area is 215 Å². The molecule has 2 atom stereocenters. The number of aryl methyl sites for hydroxylation is 1. The van der Waals surface area contributed by atoms with Crippen molar-refractivity contribution in [2.45, 2.75) is 58.2 Å². The smallest absolute Gasteiger partial charge is 0.214 e. The highest BCUT2D eigenvalue weighted by molar-refractivity contribution is 9.10. The number of hydrogen-bond donors (Lipinski definition) is 0. The van der Waals surface area contributed by atoms with Crippen LogP contribution in [0.5, 0.6) is 17.2 Å². The predicted octanol–water partition coefficient (Wildman–Crippen LogP) is 7.56. The van der Waals surface area contributed by atoms with Gasteiger partial charge in [0.25, 0.3) is 0 Å². The quantitative estimate of drug-likeness (QED) is 0.263. The van der Waals surface area contributed by atoms with Gasteiger partial charge in [-0.1, -0.05) is 42.1 Å². The summed E-state index contributed by atoms with van der Waals surface area (Å²) in [6.45, 7) is 4.84. The topological polar surface area (TPSA) is 56.4 Å². The second-order valence-corrected chi connectivity index (χ2v) is 9.94. The second-order valence-electron chi connectivity index (χ2n) is 9.03. The van der Waals surface area contributed by atoms with Crippen molar-refractivity contribution in [3.63, 3.8) is 0 Å². The summed E-state index contributed by atoms with van der Waals surface area (Å²) in [5, 5.41) is 7.02. The number of nitrogens with zero attached hydrogens (tertiary/aromatic N) is 2. The minimum Gasteiger partial charge on any atom is -0.493 e. The highest BCUT2D eigenvalue weighted by atomic mass is 79.9. The lowest BCUT2D eigenvalue weighted by Gasteiger charge is -2.38. The maximum Gasteiger partial charge on any atom is 0.214 e. The van der Waals surface area contributed by atoms with Gasteiger partial charge < -0.3 is 18.6 Å². The van der Waals surface area contributed by atoms with E-state index in [1.165, 1.54) is 19.3 Å². The summed E-state index contributed by atoms with van der Waals surface area (Å²) in [5.41, 5.74) is 2.99. The molecule has 3 aromatic rings. The number of furan rings is 1. The lowest BCUT2D eigenvalue weighted by atomic mass is 9.97. The van der Waals surface area contributed by atoms with Crippen LogP contribution in [0.2, 0.25) is 0 Å². The van der Waals surface area contributed by atoms with Crippen LogP contribution in [0.15, 0.2) is 62.5 Å². The van der Waals surface area contributed by atoms with E-state index >= 15 is 0 Å². The molecule has 2 aliphatic heterocycles. The van der Waals surface area contributed by atoms with E-state index in [4.69, 9.17) is 23.7 Å². The number of methoxy groups -OCH3 is 1. The fourth-order valence-corrected chi connectivity index (χ4v) is 5.06. The number of unbranched alkanes of at least 4 members (excludes halogenated alkanes) is 3. The molecule has 0 N–H and O–H groups in total. The van der Waals surface area contributed by atoms with Crippen LogP contribution in [0.25, 0.3) is 0 Å². The molecule has 0 fully saturated rings. The number of benzene rings is 2. The Hall–Kier alpha value is -2.93. The van der Waals surface area contributed by atoms with Crippen molar-refractivity contribution in [2.24, 2.45) is 5.10 Å². The summed E-state index contributed by atoms with van der Waals surface area (Å²) in [7, 11) is 1.67. The SMILES string of the molecule is CCCCCCOc1ccc([C@H]2Oc3ccc(Br)cc3[C@H]3CC(c4ccc(C)o4)=NN32)cc1OC. The molecule has 0 aliphatic carbocycles. The third kappa shape index (κ3) is 4.92. The van der Waals surface area contributed by atoms with Crippen LogP contribution in [-0.4, -0.2) is 24.4 Å². The number of fused-ring (bicyclic) bond motifs is 3. The van der Waals surface area contributed by atoms with E-state index in [-0.39, 0.29) is 6.04 Å². The van der Waals surface area contributed by atoms with E-state index in [2.05, 4.69) is 28.9 Å². The van der Waals surface area contributed by atoms with Crippen molar-refractivity contribution in [2.75, 3.05) is 13.7 Å². The molecule has 0 bridgehead atoms. The Bertz CT molecular complexity index is 1220. The van der Waals surface area contributed by atoms with Gasteiger partial charge in [-0.05, 0) is 61.9 Å². The minimum absolute atomic E-state index is 0.0437. The maximum absolute atomic E-state index is 6.51. The van der Waals surface area contributed by atoms with Crippen molar-refractivity contribution in [3.8, 4) is 17.2 Å². The van der Waals surface area contributed by atoms with E-state index in [1.54, 1.807) is 7.11 Å². The molecule has 7 heteroatoms. The van der Waals surface area contributed by atoms with Gasteiger partial charge in [0, 0.05) is 22.0 Å². The predicted molar refractivity (Wildman–Crippen MR) is 139 cm³/mol. The highest BCUT2D eigenvalue weighted by Gasteiger charge is 2.42. The van der Waals surface area contributed by atoms with Crippen LogP contribution in [0.3, 0.4) is 0 Å². The molecule has 0 spiro atoms. The fourth-order valence-electron chi connectivity index (χ4n) is 4.68. The molecular weight excluding hydrogens is 508 g/mol. The Kier molecular flexibility index (Phi) is 7.04. The average Bonchev–Trinajstić information content (AvgIpc) is 3.50. The zero-order chi connectivity index (χ0) is 24.4. The van der Waals surface area contributed by atoms with Crippen LogP contribution in [-0.2, 0) is 0 Å². The van der Waals surface area contributed by atoms with Gasteiger partial charge in [-0.3, -0.25) is 0 Å². The monoisotopic (exact) mass is 538 g/mol. The lowest BCUT2D eigenvalue weighted by molar-refractivity contribution is -0.0192. The number of hydrazone groups is 1. The molecule has 1 aromatic heterocycles. The van der Waals surface area contributed by atoms with Crippen molar-refractivity contribution in [3.05, 3.63) is 75.7 Å². The van der Waals surface area contributed by atoms with Crippen molar-refractivity contribution >= 4 is 21.6 Å². The zero-order valence-electron chi connectivity index (χ0n) is 20.4.